The first-order valence-electron chi connectivity index (χ1n) is 10.9. The minimum absolute atomic E-state index is 0.0264. The molecule has 0 amide bonds. The van der Waals surface area contributed by atoms with Gasteiger partial charge in [0, 0.05) is 11.1 Å². The van der Waals surface area contributed by atoms with Crippen LogP contribution in [-0.2, 0) is 24.7 Å². The highest BCUT2D eigenvalue weighted by Crippen LogP contribution is 2.64. The van der Waals surface area contributed by atoms with E-state index in [1.807, 2.05) is 12.3 Å². The van der Waals surface area contributed by atoms with Crippen LogP contribution in [0, 0.1) is 29.1 Å². The fraction of sp³-hybridized carbons (Fsp3) is 0.652. The van der Waals surface area contributed by atoms with Gasteiger partial charge in [0.2, 0.25) is 0 Å². The Labute approximate surface area is 175 Å². The van der Waals surface area contributed by atoms with Crippen LogP contribution in [0.15, 0.2) is 18.3 Å². The number of hydrogen-bond donors (Lipinski definition) is 3. The van der Waals surface area contributed by atoms with Gasteiger partial charge >= 0.3 is 0 Å². The number of fused-ring (bicyclic) bond motifs is 8. The van der Waals surface area contributed by atoms with Crippen molar-refractivity contribution < 1.29 is 10.2 Å². The standard InChI is InChI=1S/C23H28ClN3O2/c1-22-6-5-13-18(14(22)7-11-3-4-17(24)26-21(11)22)20(29)19(28)15-8-16-12(10-25-27-16)9-23(13,15)2/h3-4,10,13-15,18-20,28-29H,5-9H2,1-2H3,(H,25,27)/t13-,14-,15+,18+,19+,20+,22-,23+/m0/s1. The van der Waals surface area contributed by atoms with Gasteiger partial charge in [0.1, 0.15) is 5.15 Å². The molecule has 8 atom stereocenters. The molecule has 3 N–H and O–H groups in total. The molecule has 0 bridgehead atoms. The summed E-state index contributed by atoms with van der Waals surface area (Å²) in [5, 5.41) is 30.6. The molecular weight excluding hydrogens is 386 g/mol. The van der Waals surface area contributed by atoms with Gasteiger partial charge in [-0.15, -0.1) is 0 Å². The first-order valence-corrected chi connectivity index (χ1v) is 11.2. The minimum Gasteiger partial charge on any atom is -0.390 e. The molecule has 0 radical (unpaired) electrons. The van der Waals surface area contributed by atoms with E-state index in [9.17, 15) is 10.2 Å². The molecule has 6 rings (SSSR count). The molecule has 0 spiro atoms. The second-order valence-electron chi connectivity index (χ2n) is 10.4. The van der Waals surface area contributed by atoms with Gasteiger partial charge in [-0.25, -0.2) is 4.98 Å². The second kappa shape index (κ2) is 5.83. The number of H-pyrrole nitrogens is 1. The molecule has 0 saturated heterocycles. The van der Waals surface area contributed by atoms with Crippen LogP contribution in [0.4, 0.5) is 0 Å². The summed E-state index contributed by atoms with van der Waals surface area (Å²) >= 11 is 6.25. The van der Waals surface area contributed by atoms with E-state index in [1.165, 1.54) is 11.1 Å². The topological polar surface area (TPSA) is 82.0 Å². The summed E-state index contributed by atoms with van der Waals surface area (Å²) in [6.07, 6.45) is 5.27. The van der Waals surface area contributed by atoms with Crippen LogP contribution >= 0.6 is 11.6 Å². The number of aromatic nitrogens is 3. The summed E-state index contributed by atoms with van der Waals surface area (Å²) in [5.41, 5.74) is 4.68. The van der Waals surface area contributed by atoms with Crippen molar-refractivity contribution in [1.82, 2.24) is 15.2 Å². The molecule has 154 valence electrons. The van der Waals surface area contributed by atoms with E-state index in [2.05, 4.69) is 30.1 Å². The molecule has 4 aliphatic rings. The van der Waals surface area contributed by atoms with Crippen molar-refractivity contribution in [1.29, 1.82) is 0 Å². The van der Waals surface area contributed by atoms with E-state index in [-0.39, 0.29) is 28.6 Å². The number of nitrogens with zero attached hydrogens (tertiary/aromatic N) is 2. The van der Waals surface area contributed by atoms with Gasteiger partial charge in [0.05, 0.1) is 24.1 Å². The average molecular weight is 414 g/mol. The van der Waals surface area contributed by atoms with E-state index < -0.39 is 12.2 Å². The number of aromatic amines is 1. The fourth-order valence-electron chi connectivity index (χ4n) is 7.84. The molecule has 29 heavy (non-hydrogen) atoms. The highest BCUT2D eigenvalue weighted by Gasteiger charge is 2.64. The lowest BCUT2D eigenvalue weighted by Gasteiger charge is -2.62. The second-order valence-corrected chi connectivity index (χ2v) is 10.8. The zero-order valence-corrected chi connectivity index (χ0v) is 17.7. The summed E-state index contributed by atoms with van der Waals surface area (Å²) in [6.45, 7) is 4.64. The predicted molar refractivity (Wildman–Crippen MR) is 110 cm³/mol. The number of hydrogen-bond acceptors (Lipinski definition) is 4. The average Bonchev–Trinajstić information content (AvgIpc) is 3.25. The van der Waals surface area contributed by atoms with E-state index in [0.29, 0.717) is 11.1 Å². The van der Waals surface area contributed by atoms with Gasteiger partial charge in [-0.1, -0.05) is 31.5 Å². The molecule has 2 heterocycles. The largest absolute Gasteiger partial charge is 0.390 e. The molecule has 2 aromatic rings. The van der Waals surface area contributed by atoms with E-state index >= 15 is 0 Å². The number of halogens is 1. The fourth-order valence-corrected chi connectivity index (χ4v) is 7.99. The van der Waals surface area contributed by atoms with E-state index in [1.54, 1.807) is 0 Å². The Bertz CT molecular complexity index is 992. The van der Waals surface area contributed by atoms with Crippen LogP contribution in [-0.4, -0.2) is 37.6 Å². The number of pyridine rings is 1. The van der Waals surface area contributed by atoms with E-state index in [0.717, 1.165) is 43.5 Å². The molecule has 4 aliphatic carbocycles. The Morgan fingerprint density at radius 2 is 1.90 bits per heavy atom. The third-order valence-corrected chi connectivity index (χ3v) is 9.51. The molecule has 0 unspecified atom stereocenters. The van der Waals surface area contributed by atoms with Gasteiger partial charge in [0.15, 0.2) is 0 Å². The highest BCUT2D eigenvalue weighted by molar-refractivity contribution is 6.29. The van der Waals surface area contributed by atoms with Crippen LogP contribution in [0.3, 0.4) is 0 Å². The third kappa shape index (κ3) is 2.24. The normalized spacial score (nSPS) is 45.0. The zero-order valence-electron chi connectivity index (χ0n) is 16.9. The van der Waals surface area contributed by atoms with Gasteiger partial charge in [0.25, 0.3) is 0 Å². The maximum absolute atomic E-state index is 11.4. The van der Waals surface area contributed by atoms with Crippen molar-refractivity contribution in [2.45, 2.75) is 63.6 Å². The van der Waals surface area contributed by atoms with Gasteiger partial charge in [-0.3, -0.25) is 5.10 Å². The first-order chi connectivity index (χ1) is 13.8. The third-order valence-electron chi connectivity index (χ3n) is 9.30. The van der Waals surface area contributed by atoms with Crippen LogP contribution in [0.2, 0.25) is 5.15 Å². The summed E-state index contributed by atoms with van der Waals surface area (Å²) in [4.78, 5) is 4.72. The van der Waals surface area contributed by atoms with Crippen molar-refractivity contribution in [2.75, 3.05) is 0 Å². The lowest BCUT2D eigenvalue weighted by Crippen LogP contribution is -2.64. The molecule has 2 saturated carbocycles. The smallest absolute Gasteiger partial charge is 0.129 e. The van der Waals surface area contributed by atoms with E-state index in [4.69, 9.17) is 16.6 Å². The lowest BCUT2D eigenvalue weighted by atomic mass is 9.44. The molecule has 0 aliphatic heterocycles. The summed E-state index contributed by atoms with van der Waals surface area (Å²) in [7, 11) is 0. The van der Waals surface area contributed by atoms with Crippen LogP contribution in [0.1, 0.15) is 49.2 Å². The van der Waals surface area contributed by atoms with Gasteiger partial charge < -0.3 is 10.2 Å². The Morgan fingerprint density at radius 1 is 1.07 bits per heavy atom. The minimum atomic E-state index is -0.708. The Morgan fingerprint density at radius 3 is 2.72 bits per heavy atom. The highest BCUT2D eigenvalue weighted by atomic mass is 35.5. The molecule has 0 aromatic carbocycles. The number of nitrogens with one attached hydrogen (secondary N) is 1. The lowest BCUT2D eigenvalue weighted by molar-refractivity contribution is -0.197. The maximum Gasteiger partial charge on any atom is 0.129 e. The van der Waals surface area contributed by atoms with Gasteiger partial charge in [-0.05, 0) is 78.4 Å². The maximum atomic E-state index is 11.4. The van der Waals surface area contributed by atoms with Crippen LogP contribution < -0.4 is 0 Å². The Balaban J connectivity index is 1.44. The molecule has 2 fully saturated rings. The predicted octanol–water partition coefficient (Wildman–Crippen LogP) is 3.07. The first kappa shape index (κ1) is 18.3. The van der Waals surface area contributed by atoms with Crippen molar-refractivity contribution >= 4 is 11.6 Å². The monoisotopic (exact) mass is 413 g/mol. The summed E-state index contributed by atoms with van der Waals surface area (Å²) in [5.74, 6) is 0.811. The van der Waals surface area contributed by atoms with Crippen LogP contribution in [0.5, 0.6) is 0 Å². The number of aliphatic hydroxyl groups is 2. The van der Waals surface area contributed by atoms with Crippen LogP contribution in [0.25, 0.3) is 0 Å². The van der Waals surface area contributed by atoms with Crippen molar-refractivity contribution in [3.8, 4) is 0 Å². The van der Waals surface area contributed by atoms with Crippen molar-refractivity contribution in [2.24, 2.45) is 29.1 Å². The summed E-state index contributed by atoms with van der Waals surface area (Å²) in [6, 6.07) is 3.99. The van der Waals surface area contributed by atoms with Gasteiger partial charge in [-0.2, -0.15) is 5.10 Å². The van der Waals surface area contributed by atoms with Crippen molar-refractivity contribution in [3.63, 3.8) is 0 Å². The molecule has 6 heteroatoms. The number of aliphatic hydroxyl groups excluding tert-OH is 2. The molecule has 2 aromatic heterocycles. The zero-order chi connectivity index (χ0) is 20.1. The number of rotatable bonds is 0. The Kier molecular flexibility index (Phi) is 3.69. The SMILES string of the molecule is C[C@]12Cc3cn[nH]c3C[C@@H]1[C@@H](O)[C@H](O)[C@@H]1[C@@H]2CC[C@]2(C)c3nc(Cl)ccc3C[C@@H]12. The Hall–Kier alpha value is -1.43. The summed E-state index contributed by atoms with van der Waals surface area (Å²) < 4.78 is 0. The molecule has 5 nitrogen and oxygen atoms in total. The quantitative estimate of drug-likeness (QED) is 0.580. The molecular formula is C23H28ClN3O2. The van der Waals surface area contributed by atoms with Crippen molar-refractivity contribution in [3.05, 3.63) is 46.0 Å².